The Labute approximate surface area is 134 Å². The van der Waals surface area contributed by atoms with Crippen molar-refractivity contribution in [3.8, 4) is 5.69 Å². The van der Waals surface area contributed by atoms with Crippen molar-refractivity contribution in [2.75, 3.05) is 0 Å². The maximum atomic E-state index is 13.6. The first-order valence-electron chi connectivity index (χ1n) is 6.09. The predicted molar refractivity (Wildman–Crippen MR) is 88.0 cm³/mol. The fourth-order valence-electron chi connectivity index (χ4n) is 2.29. The maximum absolute atomic E-state index is 13.6. The molecule has 1 heterocycles. The number of alkyl halides is 1. The summed E-state index contributed by atoms with van der Waals surface area (Å²) in [5.74, 6) is 0.733. The molecule has 0 amide bonds. The van der Waals surface area contributed by atoms with Gasteiger partial charge in [0.2, 0.25) is 0 Å². The van der Waals surface area contributed by atoms with Crippen LogP contribution in [0.2, 0.25) is 0 Å². The zero-order chi connectivity index (χ0) is 14.3. The van der Waals surface area contributed by atoms with Gasteiger partial charge >= 0.3 is 0 Å². The summed E-state index contributed by atoms with van der Waals surface area (Å²) in [5.41, 5.74) is 3.57. The quantitative estimate of drug-likeness (QED) is 0.446. The van der Waals surface area contributed by atoms with Crippen molar-refractivity contribution in [1.29, 1.82) is 0 Å². The molecule has 3 rings (SSSR count). The largest absolute Gasteiger partial charge is 0.295 e. The molecule has 0 bridgehead atoms. The number of imidazole rings is 1. The van der Waals surface area contributed by atoms with Crippen LogP contribution < -0.4 is 0 Å². The molecule has 2 aromatic carbocycles. The Morgan fingerprint density at radius 2 is 2.05 bits per heavy atom. The summed E-state index contributed by atoms with van der Waals surface area (Å²) >= 11 is 8.25. The van der Waals surface area contributed by atoms with Crippen molar-refractivity contribution in [3.05, 3.63) is 57.2 Å². The second-order valence-electron chi connectivity index (χ2n) is 4.56. The molecule has 0 N–H and O–H groups in total. The molecule has 0 atom stereocenters. The smallest absolute Gasteiger partial charge is 0.129 e. The van der Waals surface area contributed by atoms with E-state index in [0.717, 1.165) is 31.7 Å². The summed E-state index contributed by atoms with van der Waals surface area (Å²) in [6.45, 7) is 1.95. The summed E-state index contributed by atoms with van der Waals surface area (Å²) in [6.07, 6.45) is 0. The van der Waals surface area contributed by atoms with E-state index >= 15 is 0 Å². The average molecular weight is 401 g/mol. The second-order valence-corrected chi connectivity index (χ2v) is 6.07. The maximum Gasteiger partial charge on any atom is 0.129 e. The van der Waals surface area contributed by atoms with Crippen molar-refractivity contribution in [3.63, 3.8) is 0 Å². The lowest BCUT2D eigenvalue weighted by molar-refractivity contribution is 0.626. The Balaban J connectivity index is 2.37. The molecule has 0 spiro atoms. The van der Waals surface area contributed by atoms with Crippen LogP contribution in [0.25, 0.3) is 16.7 Å². The summed E-state index contributed by atoms with van der Waals surface area (Å²) in [5, 5.41) is 0. The number of fused-ring (bicyclic) bond motifs is 1. The van der Waals surface area contributed by atoms with Crippen LogP contribution in [0.3, 0.4) is 0 Å². The number of halogens is 3. The molecule has 0 unspecified atom stereocenters. The van der Waals surface area contributed by atoms with Crippen molar-refractivity contribution in [2.24, 2.45) is 0 Å². The van der Waals surface area contributed by atoms with Gasteiger partial charge in [-0.3, -0.25) is 4.57 Å². The van der Waals surface area contributed by atoms with E-state index in [4.69, 9.17) is 11.6 Å². The average Bonchev–Trinajstić information content (AvgIpc) is 2.78. The molecule has 0 fully saturated rings. The highest BCUT2D eigenvalue weighted by Crippen LogP contribution is 2.26. The van der Waals surface area contributed by atoms with Crippen LogP contribution >= 0.6 is 34.2 Å². The van der Waals surface area contributed by atoms with E-state index in [1.165, 1.54) is 12.1 Å². The number of aromatic nitrogens is 2. The molecule has 0 saturated carbocycles. The third kappa shape index (κ3) is 2.31. The Hall–Kier alpha value is -1.14. The second kappa shape index (κ2) is 5.33. The van der Waals surface area contributed by atoms with Gasteiger partial charge in [0.25, 0.3) is 0 Å². The molecule has 2 nitrogen and oxygen atoms in total. The van der Waals surface area contributed by atoms with Crippen LogP contribution in [0.15, 0.2) is 36.4 Å². The van der Waals surface area contributed by atoms with Crippen molar-refractivity contribution < 1.29 is 4.39 Å². The fourth-order valence-corrected chi connectivity index (χ4v) is 2.94. The zero-order valence-electron chi connectivity index (χ0n) is 10.7. The molecule has 0 radical (unpaired) electrons. The van der Waals surface area contributed by atoms with Gasteiger partial charge in [-0.05, 0) is 65.4 Å². The molecule has 102 valence electrons. The molecule has 20 heavy (non-hydrogen) atoms. The van der Waals surface area contributed by atoms with E-state index in [2.05, 4.69) is 27.6 Å². The lowest BCUT2D eigenvalue weighted by atomic mass is 10.2. The van der Waals surface area contributed by atoms with E-state index in [0.29, 0.717) is 0 Å². The lowest BCUT2D eigenvalue weighted by Gasteiger charge is -2.11. The number of benzene rings is 2. The molecule has 0 aliphatic carbocycles. The third-order valence-corrected chi connectivity index (χ3v) is 4.13. The van der Waals surface area contributed by atoms with Crippen LogP contribution in [0, 0.1) is 16.3 Å². The molecule has 0 saturated heterocycles. The molecule has 0 aliphatic rings. The van der Waals surface area contributed by atoms with E-state index in [9.17, 15) is 4.39 Å². The van der Waals surface area contributed by atoms with Crippen molar-refractivity contribution in [1.82, 2.24) is 9.55 Å². The van der Waals surface area contributed by atoms with Crippen LogP contribution in [0.5, 0.6) is 0 Å². The van der Waals surface area contributed by atoms with E-state index in [-0.39, 0.29) is 11.7 Å². The van der Waals surface area contributed by atoms with Gasteiger partial charge in [-0.2, -0.15) is 0 Å². The SMILES string of the molecule is Cc1ccc(F)cc1-n1c(CCl)nc2cc(I)ccc21. The topological polar surface area (TPSA) is 17.8 Å². The highest BCUT2D eigenvalue weighted by Gasteiger charge is 2.14. The minimum absolute atomic E-state index is 0.265. The summed E-state index contributed by atoms with van der Waals surface area (Å²) in [7, 11) is 0. The van der Waals surface area contributed by atoms with Gasteiger partial charge in [0.15, 0.2) is 0 Å². The Bertz CT molecular complexity index is 798. The van der Waals surface area contributed by atoms with Gasteiger partial charge in [0.05, 0.1) is 22.6 Å². The van der Waals surface area contributed by atoms with Crippen molar-refractivity contribution >= 4 is 45.2 Å². The summed E-state index contributed by atoms with van der Waals surface area (Å²) in [4.78, 5) is 4.54. The van der Waals surface area contributed by atoms with Crippen LogP contribution in [0.4, 0.5) is 4.39 Å². The highest BCUT2D eigenvalue weighted by atomic mass is 127. The van der Waals surface area contributed by atoms with Gasteiger partial charge in [0, 0.05) is 3.57 Å². The van der Waals surface area contributed by atoms with E-state index in [1.807, 2.05) is 29.7 Å². The first-order chi connectivity index (χ1) is 9.60. The molecule has 5 heteroatoms. The number of rotatable bonds is 2. The molecule has 0 aliphatic heterocycles. The molecular weight excluding hydrogens is 390 g/mol. The first-order valence-corrected chi connectivity index (χ1v) is 7.71. The van der Waals surface area contributed by atoms with Gasteiger partial charge in [-0.25, -0.2) is 9.37 Å². The standard InChI is InChI=1S/C15H11ClFIN2/c1-9-2-3-10(17)6-14(9)20-13-5-4-11(18)7-12(13)19-15(20)8-16/h2-7H,8H2,1H3. The monoisotopic (exact) mass is 400 g/mol. The van der Waals surface area contributed by atoms with Crippen LogP contribution in [-0.2, 0) is 5.88 Å². The Morgan fingerprint density at radius 3 is 2.80 bits per heavy atom. The Morgan fingerprint density at radius 1 is 1.25 bits per heavy atom. The first kappa shape index (κ1) is 13.8. The van der Waals surface area contributed by atoms with Gasteiger partial charge in [-0.1, -0.05) is 6.07 Å². The zero-order valence-corrected chi connectivity index (χ0v) is 13.6. The third-order valence-electron chi connectivity index (χ3n) is 3.22. The van der Waals surface area contributed by atoms with Gasteiger partial charge in [0.1, 0.15) is 11.6 Å². The minimum atomic E-state index is -0.265. The van der Waals surface area contributed by atoms with E-state index < -0.39 is 0 Å². The number of hydrogen-bond donors (Lipinski definition) is 0. The predicted octanol–water partition coefficient (Wildman–Crippen LogP) is 4.82. The number of aryl methyl sites for hydroxylation is 1. The Kier molecular flexibility index (Phi) is 3.69. The number of nitrogens with zero attached hydrogens (tertiary/aromatic N) is 2. The van der Waals surface area contributed by atoms with Crippen molar-refractivity contribution in [2.45, 2.75) is 12.8 Å². The van der Waals surface area contributed by atoms with Gasteiger partial charge in [-0.15, -0.1) is 11.6 Å². The minimum Gasteiger partial charge on any atom is -0.295 e. The van der Waals surface area contributed by atoms with E-state index in [1.54, 1.807) is 6.07 Å². The fraction of sp³-hybridized carbons (Fsp3) is 0.133. The van der Waals surface area contributed by atoms with Crippen LogP contribution in [0.1, 0.15) is 11.4 Å². The lowest BCUT2D eigenvalue weighted by Crippen LogP contribution is -2.02. The summed E-state index contributed by atoms with van der Waals surface area (Å²) < 4.78 is 16.6. The summed E-state index contributed by atoms with van der Waals surface area (Å²) in [6, 6.07) is 10.7. The highest BCUT2D eigenvalue weighted by molar-refractivity contribution is 14.1. The molecular formula is C15H11ClFIN2. The number of hydrogen-bond acceptors (Lipinski definition) is 1. The van der Waals surface area contributed by atoms with Gasteiger partial charge < -0.3 is 0 Å². The molecule has 1 aromatic heterocycles. The normalized spacial score (nSPS) is 11.2. The molecule has 3 aromatic rings. The van der Waals surface area contributed by atoms with Crippen LogP contribution in [-0.4, -0.2) is 9.55 Å².